The number of carbonyl (C=O) groups excluding carboxylic acids is 1. The fourth-order valence-electron chi connectivity index (χ4n) is 3.57. The minimum absolute atomic E-state index is 0.0270. The molecule has 3 aromatic rings. The summed E-state index contributed by atoms with van der Waals surface area (Å²) in [6, 6.07) is 15.5. The van der Waals surface area contributed by atoms with Crippen molar-refractivity contribution in [2.24, 2.45) is 0 Å². The summed E-state index contributed by atoms with van der Waals surface area (Å²) >= 11 is 6.15. The van der Waals surface area contributed by atoms with Gasteiger partial charge >= 0.3 is 0 Å². The molecule has 1 atom stereocenters. The monoisotopic (exact) mass is 440 g/mol. The van der Waals surface area contributed by atoms with Crippen LogP contribution >= 0.6 is 11.6 Å². The van der Waals surface area contributed by atoms with Gasteiger partial charge in [-0.25, -0.2) is 9.67 Å². The number of benzene rings is 2. The van der Waals surface area contributed by atoms with Crippen LogP contribution in [-0.4, -0.2) is 65.0 Å². The number of rotatable bonds is 8. The third kappa shape index (κ3) is 5.89. The number of ether oxygens (including phenoxy) is 1. The summed E-state index contributed by atoms with van der Waals surface area (Å²) in [6.45, 7) is 4.22. The average molecular weight is 441 g/mol. The number of nitrogens with zero attached hydrogens (tertiary/aromatic N) is 4. The Morgan fingerprint density at radius 1 is 1.16 bits per heavy atom. The van der Waals surface area contributed by atoms with Gasteiger partial charge in [0.05, 0.1) is 31.1 Å². The van der Waals surface area contributed by atoms with Gasteiger partial charge in [0, 0.05) is 30.7 Å². The molecule has 0 saturated carbocycles. The Balaban J connectivity index is 1.43. The number of hydrogen-bond donors (Lipinski definition) is 2. The quantitative estimate of drug-likeness (QED) is 0.560. The van der Waals surface area contributed by atoms with Gasteiger partial charge in [-0.05, 0) is 23.8 Å². The minimum Gasteiger partial charge on any atom is -0.379 e. The highest BCUT2D eigenvalue weighted by atomic mass is 35.5. The van der Waals surface area contributed by atoms with E-state index >= 15 is 0 Å². The Bertz CT molecular complexity index is 977. The number of anilines is 1. The zero-order chi connectivity index (χ0) is 21.5. The third-order valence-corrected chi connectivity index (χ3v) is 5.39. The molecule has 1 amide bonds. The van der Waals surface area contributed by atoms with Gasteiger partial charge in [-0.15, -0.1) is 0 Å². The Labute approximate surface area is 186 Å². The second-order valence-corrected chi connectivity index (χ2v) is 7.74. The van der Waals surface area contributed by atoms with Crippen molar-refractivity contribution in [3.05, 3.63) is 71.8 Å². The van der Waals surface area contributed by atoms with Crippen molar-refractivity contribution >= 4 is 23.2 Å². The molecule has 0 aliphatic carbocycles. The Morgan fingerprint density at radius 2 is 1.97 bits per heavy atom. The van der Waals surface area contributed by atoms with Crippen LogP contribution in [0.4, 0.5) is 5.69 Å². The maximum absolute atomic E-state index is 12.8. The molecule has 31 heavy (non-hydrogen) atoms. The predicted molar refractivity (Wildman–Crippen MR) is 119 cm³/mol. The fraction of sp³-hybridized carbons (Fsp3) is 0.318. The van der Waals surface area contributed by atoms with E-state index < -0.39 is 0 Å². The molecule has 2 heterocycles. The van der Waals surface area contributed by atoms with Crippen molar-refractivity contribution in [1.29, 1.82) is 0 Å². The van der Waals surface area contributed by atoms with E-state index in [0.717, 1.165) is 38.4 Å². The van der Waals surface area contributed by atoms with Gasteiger partial charge in [-0.1, -0.05) is 41.9 Å². The Kier molecular flexibility index (Phi) is 7.26. The number of carbonyl (C=O) groups is 1. The molecule has 1 unspecified atom stereocenters. The van der Waals surface area contributed by atoms with Crippen LogP contribution in [0.3, 0.4) is 0 Å². The first kappa shape index (κ1) is 21.5. The summed E-state index contributed by atoms with van der Waals surface area (Å²) in [5.74, 6) is -0.161. The molecule has 2 N–H and O–H groups in total. The summed E-state index contributed by atoms with van der Waals surface area (Å²) in [7, 11) is 0. The lowest BCUT2D eigenvalue weighted by Crippen LogP contribution is -2.43. The van der Waals surface area contributed by atoms with Gasteiger partial charge in [-0.3, -0.25) is 9.69 Å². The van der Waals surface area contributed by atoms with E-state index in [1.807, 2.05) is 18.2 Å². The molecular weight excluding hydrogens is 416 g/mol. The van der Waals surface area contributed by atoms with E-state index in [-0.39, 0.29) is 18.5 Å². The van der Waals surface area contributed by atoms with Crippen LogP contribution in [0.25, 0.3) is 5.69 Å². The van der Waals surface area contributed by atoms with Crippen LogP contribution in [-0.2, 0) is 9.53 Å². The number of nitrogens with one attached hydrogen (secondary N) is 2. The molecule has 2 aromatic carbocycles. The van der Waals surface area contributed by atoms with Crippen LogP contribution in [0, 0.1) is 0 Å². The van der Waals surface area contributed by atoms with Gasteiger partial charge < -0.3 is 15.4 Å². The lowest BCUT2D eigenvalue weighted by atomic mass is 10.1. The first-order chi connectivity index (χ1) is 15.2. The predicted octanol–water partition coefficient (Wildman–Crippen LogP) is 2.52. The van der Waals surface area contributed by atoms with Gasteiger partial charge in [0.15, 0.2) is 0 Å². The molecule has 1 aromatic heterocycles. The van der Waals surface area contributed by atoms with Gasteiger partial charge in [-0.2, -0.15) is 5.10 Å². The first-order valence-electron chi connectivity index (χ1n) is 10.2. The molecule has 1 fully saturated rings. The van der Waals surface area contributed by atoms with E-state index in [9.17, 15) is 4.79 Å². The highest BCUT2D eigenvalue weighted by molar-refractivity contribution is 6.31. The molecule has 1 saturated heterocycles. The molecule has 8 nitrogen and oxygen atoms in total. The Morgan fingerprint density at radius 3 is 2.71 bits per heavy atom. The SMILES string of the molecule is O=C(CNC(CN1CCOCC1)c1ccccc1)Nc1cc(Cl)ccc1-n1cncn1. The van der Waals surface area contributed by atoms with E-state index in [2.05, 4.69) is 37.7 Å². The summed E-state index contributed by atoms with van der Waals surface area (Å²) < 4.78 is 7.04. The highest BCUT2D eigenvalue weighted by Gasteiger charge is 2.19. The summed E-state index contributed by atoms with van der Waals surface area (Å²) in [6.07, 6.45) is 3.02. The number of halogens is 1. The molecule has 0 spiro atoms. The van der Waals surface area contributed by atoms with Crippen molar-refractivity contribution in [3.8, 4) is 5.69 Å². The molecule has 1 aliphatic heterocycles. The second-order valence-electron chi connectivity index (χ2n) is 7.31. The minimum atomic E-state index is -0.161. The van der Waals surface area contributed by atoms with Crippen LogP contribution < -0.4 is 10.6 Å². The molecule has 0 radical (unpaired) electrons. The fourth-order valence-corrected chi connectivity index (χ4v) is 3.74. The van der Waals surface area contributed by atoms with Crippen LogP contribution in [0.2, 0.25) is 5.02 Å². The van der Waals surface area contributed by atoms with Crippen molar-refractivity contribution in [3.63, 3.8) is 0 Å². The average Bonchev–Trinajstić information content (AvgIpc) is 3.33. The van der Waals surface area contributed by atoms with Crippen molar-refractivity contribution in [2.45, 2.75) is 6.04 Å². The molecule has 1 aliphatic rings. The normalized spacial score (nSPS) is 15.5. The number of morpholine rings is 1. The number of hydrogen-bond acceptors (Lipinski definition) is 6. The van der Waals surface area contributed by atoms with E-state index in [1.165, 1.54) is 6.33 Å². The standard InChI is InChI=1S/C22H25ClN6O2/c23-18-6-7-21(29-16-24-15-26-29)19(12-18)27-22(30)13-25-20(17-4-2-1-3-5-17)14-28-8-10-31-11-9-28/h1-7,12,15-16,20,25H,8-11,13-14H2,(H,27,30). The van der Waals surface area contributed by atoms with E-state index in [1.54, 1.807) is 29.2 Å². The van der Waals surface area contributed by atoms with Crippen molar-refractivity contribution < 1.29 is 9.53 Å². The van der Waals surface area contributed by atoms with Crippen molar-refractivity contribution in [2.75, 3.05) is 44.7 Å². The maximum atomic E-state index is 12.8. The lowest BCUT2D eigenvalue weighted by Gasteiger charge is -2.31. The third-order valence-electron chi connectivity index (χ3n) is 5.15. The molecule has 162 valence electrons. The zero-order valence-corrected chi connectivity index (χ0v) is 17.8. The highest BCUT2D eigenvalue weighted by Crippen LogP contribution is 2.24. The van der Waals surface area contributed by atoms with Crippen LogP contribution in [0.5, 0.6) is 0 Å². The number of aromatic nitrogens is 3. The van der Waals surface area contributed by atoms with Crippen LogP contribution in [0.15, 0.2) is 61.2 Å². The van der Waals surface area contributed by atoms with Gasteiger partial charge in [0.25, 0.3) is 0 Å². The second kappa shape index (κ2) is 10.5. The lowest BCUT2D eigenvalue weighted by molar-refractivity contribution is -0.115. The maximum Gasteiger partial charge on any atom is 0.238 e. The van der Waals surface area contributed by atoms with E-state index in [4.69, 9.17) is 16.3 Å². The number of amides is 1. The van der Waals surface area contributed by atoms with Crippen molar-refractivity contribution in [1.82, 2.24) is 25.0 Å². The van der Waals surface area contributed by atoms with Gasteiger partial charge in [0.1, 0.15) is 12.7 Å². The first-order valence-corrected chi connectivity index (χ1v) is 10.6. The molecular formula is C22H25ClN6O2. The molecule has 0 bridgehead atoms. The smallest absolute Gasteiger partial charge is 0.238 e. The van der Waals surface area contributed by atoms with Crippen LogP contribution in [0.1, 0.15) is 11.6 Å². The van der Waals surface area contributed by atoms with E-state index in [0.29, 0.717) is 16.4 Å². The zero-order valence-electron chi connectivity index (χ0n) is 17.1. The topological polar surface area (TPSA) is 84.3 Å². The summed E-state index contributed by atoms with van der Waals surface area (Å²) in [4.78, 5) is 19.1. The summed E-state index contributed by atoms with van der Waals surface area (Å²) in [5.41, 5.74) is 2.42. The Hall–Kier alpha value is -2.78. The van der Waals surface area contributed by atoms with Gasteiger partial charge in [0.2, 0.25) is 5.91 Å². The molecule has 4 rings (SSSR count). The molecule has 9 heteroatoms. The summed E-state index contributed by atoms with van der Waals surface area (Å²) in [5, 5.41) is 11.0. The largest absolute Gasteiger partial charge is 0.379 e.